The fourth-order valence-corrected chi connectivity index (χ4v) is 5.74. The van der Waals surface area contributed by atoms with E-state index in [1.165, 1.54) is 0 Å². The van der Waals surface area contributed by atoms with Gasteiger partial charge in [-0.3, -0.25) is 14.3 Å². The quantitative estimate of drug-likeness (QED) is 0.0826. The molecule has 9 nitrogen and oxygen atoms in total. The summed E-state index contributed by atoms with van der Waals surface area (Å²) in [5, 5.41) is 4.94. The van der Waals surface area contributed by atoms with Crippen LogP contribution in [0.25, 0.3) is 34.7 Å². The van der Waals surface area contributed by atoms with Gasteiger partial charge in [-0.15, -0.1) is 0 Å². The Balaban J connectivity index is 1.73. The topological polar surface area (TPSA) is 93.3 Å². The monoisotopic (exact) mass is 605 g/mol. The Labute approximate surface area is 250 Å². The highest BCUT2D eigenvalue weighted by atomic mass is 28.3. The van der Waals surface area contributed by atoms with E-state index in [4.69, 9.17) is 24.3 Å². The molecule has 0 bridgehead atoms. The first-order valence-corrected chi connectivity index (χ1v) is 21.7. The second-order valence-electron chi connectivity index (χ2n) is 12.9. The van der Waals surface area contributed by atoms with Crippen LogP contribution in [0.3, 0.4) is 0 Å². The highest BCUT2D eigenvalue weighted by Crippen LogP contribution is 2.30. The maximum absolute atomic E-state index is 11.3. The van der Waals surface area contributed by atoms with E-state index < -0.39 is 16.1 Å². The van der Waals surface area contributed by atoms with Crippen molar-refractivity contribution >= 4 is 45.6 Å². The van der Waals surface area contributed by atoms with Gasteiger partial charge in [0.1, 0.15) is 24.9 Å². The van der Waals surface area contributed by atoms with Crippen molar-refractivity contribution in [2.45, 2.75) is 64.8 Å². The van der Waals surface area contributed by atoms with Crippen LogP contribution in [0.4, 0.5) is 0 Å². The summed E-state index contributed by atoms with van der Waals surface area (Å²) in [7, 11) is -0.787. The third-order valence-corrected chi connectivity index (χ3v) is 10.2. The number of ether oxygens (including phenoxy) is 3. The van der Waals surface area contributed by atoms with Gasteiger partial charge in [-0.2, -0.15) is 5.10 Å². The molecule has 42 heavy (non-hydrogen) atoms. The van der Waals surface area contributed by atoms with Crippen LogP contribution in [0.5, 0.6) is 5.75 Å². The lowest BCUT2D eigenvalue weighted by Crippen LogP contribution is -2.22. The smallest absolute Gasteiger partial charge is 0.164 e. The van der Waals surface area contributed by atoms with Gasteiger partial charge in [0.25, 0.3) is 0 Å². The fraction of sp³-hybridized carbons (Fsp3) is 0.419. The van der Waals surface area contributed by atoms with E-state index in [-0.39, 0.29) is 0 Å². The number of aromatic nitrogens is 5. The van der Waals surface area contributed by atoms with Crippen molar-refractivity contribution in [3.05, 3.63) is 59.5 Å². The zero-order valence-corrected chi connectivity index (χ0v) is 27.9. The average molecular weight is 606 g/mol. The number of carbonyl (C=O) groups is 1. The summed E-state index contributed by atoms with van der Waals surface area (Å²) in [4.78, 5) is 20.5. The molecule has 0 atom stereocenters. The number of fused-ring (bicyclic) bond motifs is 1. The molecular weight excluding hydrogens is 563 g/mol. The van der Waals surface area contributed by atoms with Gasteiger partial charge in [0.15, 0.2) is 12.1 Å². The summed E-state index contributed by atoms with van der Waals surface area (Å²) >= 11 is 0. The van der Waals surface area contributed by atoms with Crippen molar-refractivity contribution in [1.29, 1.82) is 0 Å². The first-order chi connectivity index (χ1) is 20.0. The molecule has 0 saturated heterocycles. The zero-order chi connectivity index (χ0) is 30.3. The predicted octanol–water partition coefficient (Wildman–Crippen LogP) is 6.91. The molecular formula is C31H43N5O4Si2. The van der Waals surface area contributed by atoms with Gasteiger partial charge in [-0.25, -0.2) is 9.67 Å². The molecule has 0 aliphatic heterocycles. The van der Waals surface area contributed by atoms with Crippen molar-refractivity contribution in [2.24, 2.45) is 0 Å². The number of hydrogen-bond acceptors (Lipinski definition) is 7. The number of pyridine rings is 1. The number of methoxy groups -OCH3 is 1. The SMILES string of the molecule is COc1ccc2nc(-c3nn(COCC[Si](C)(C)C)cc3C=Cc3cncc(C=O)c3)n(COCC[Si](C)(C)C)c2c1. The Morgan fingerprint density at radius 3 is 2.24 bits per heavy atom. The van der Waals surface area contributed by atoms with Gasteiger partial charge in [-0.05, 0) is 35.9 Å². The van der Waals surface area contributed by atoms with Crippen LogP contribution in [-0.4, -0.2) is 67.1 Å². The predicted molar refractivity (Wildman–Crippen MR) is 174 cm³/mol. The molecule has 0 saturated carbocycles. The molecule has 11 heteroatoms. The van der Waals surface area contributed by atoms with Gasteiger partial charge in [0.2, 0.25) is 0 Å². The summed E-state index contributed by atoms with van der Waals surface area (Å²) < 4.78 is 21.6. The molecule has 4 aromatic rings. The first-order valence-electron chi connectivity index (χ1n) is 14.3. The van der Waals surface area contributed by atoms with Crippen LogP contribution in [-0.2, 0) is 22.9 Å². The molecule has 0 aliphatic carbocycles. The van der Waals surface area contributed by atoms with Gasteiger partial charge in [0, 0.05) is 65.1 Å². The molecule has 0 aliphatic rings. The number of nitrogens with zero attached hydrogens (tertiary/aromatic N) is 5. The Morgan fingerprint density at radius 2 is 1.57 bits per heavy atom. The molecule has 3 heterocycles. The van der Waals surface area contributed by atoms with Crippen molar-refractivity contribution in [3.63, 3.8) is 0 Å². The molecule has 1 aromatic carbocycles. The van der Waals surface area contributed by atoms with E-state index >= 15 is 0 Å². The number of hydrogen-bond donors (Lipinski definition) is 0. The molecule has 0 fully saturated rings. The minimum atomic E-state index is -1.24. The summed E-state index contributed by atoms with van der Waals surface area (Å²) in [6.07, 6.45) is 9.93. The maximum Gasteiger partial charge on any atom is 0.164 e. The number of aldehydes is 1. The van der Waals surface area contributed by atoms with E-state index in [0.29, 0.717) is 43.8 Å². The standard InChI is InChI=1S/C31H43N5O4Si2/c1-38-27-10-11-28-29(17-27)36(23-40-13-15-42(5,6)7)31(33-28)30-26(9-8-24-16-25(21-37)19-32-18-24)20-35(34-30)22-39-12-14-41(2,3)4/h8-11,16-21H,12-15,22-23H2,1-7H3. The zero-order valence-electron chi connectivity index (χ0n) is 25.9. The van der Waals surface area contributed by atoms with E-state index in [2.05, 4.69) is 48.8 Å². The Bertz CT molecular complexity index is 1530. The third kappa shape index (κ3) is 8.81. The van der Waals surface area contributed by atoms with Crippen molar-refractivity contribution in [3.8, 4) is 17.3 Å². The molecule has 4 rings (SSSR count). The van der Waals surface area contributed by atoms with Gasteiger partial charge < -0.3 is 14.2 Å². The highest BCUT2D eigenvalue weighted by molar-refractivity contribution is 6.76. The Morgan fingerprint density at radius 1 is 0.881 bits per heavy atom. The van der Waals surface area contributed by atoms with E-state index in [1.807, 2.05) is 41.2 Å². The van der Waals surface area contributed by atoms with Crippen LogP contribution in [0.2, 0.25) is 51.4 Å². The Hall–Kier alpha value is -3.39. The average Bonchev–Trinajstić information content (AvgIpc) is 3.51. The first kappa shape index (κ1) is 31.5. The number of imidazole rings is 1. The summed E-state index contributed by atoms with van der Waals surface area (Å²) in [6.45, 7) is 16.1. The summed E-state index contributed by atoms with van der Waals surface area (Å²) in [5.41, 5.74) is 4.66. The van der Waals surface area contributed by atoms with Crippen molar-refractivity contribution in [1.82, 2.24) is 24.3 Å². The maximum atomic E-state index is 11.3. The summed E-state index contributed by atoms with van der Waals surface area (Å²) in [6, 6.07) is 9.81. The van der Waals surface area contributed by atoms with Gasteiger partial charge in [-0.1, -0.05) is 51.4 Å². The van der Waals surface area contributed by atoms with E-state index in [0.717, 1.165) is 46.3 Å². The van der Waals surface area contributed by atoms with Crippen LogP contribution >= 0.6 is 0 Å². The molecule has 0 N–H and O–H groups in total. The minimum absolute atomic E-state index is 0.342. The van der Waals surface area contributed by atoms with Crippen LogP contribution in [0.15, 0.2) is 42.9 Å². The van der Waals surface area contributed by atoms with E-state index in [9.17, 15) is 4.79 Å². The van der Waals surface area contributed by atoms with Crippen molar-refractivity contribution in [2.75, 3.05) is 20.3 Å². The number of rotatable bonds is 15. The molecule has 0 radical (unpaired) electrons. The molecule has 0 unspecified atom stereocenters. The summed E-state index contributed by atoms with van der Waals surface area (Å²) in [5.74, 6) is 1.45. The van der Waals surface area contributed by atoms with Gasteiger partial charge >= 0.3 is 0 Å². The van der Waals surface area contributed by atoms with E-state index in [1.54, 1.807) is 25.6 Å². The molecule has 0 amide bonds. The lowest BCUT2D eigenvalue weighted by molar-refractivity contribution is 0.0786. The van der Waals surface area contributed by atoms with Crippen LogP contribution in [0, 0.1) is 0 Å². The second-order valence-corrected chi connectivity index (χ2v) is 24.1. The Kier molecular flexibility index (Phi) is 10.3. The fourth-order valence-electron chi connectivity index (χ4n) is 4.23. The lowest BCUT2D eigenvalue weighted by Gasteiger charge is -2.16. The molecule has 0 spiro atoms. The normalized spacial score (nSPS) is 12.5. The molecule has 3 aromatic heterocycles. The number of carbonyl (C=O) groups excluding carboxylic acids is 1. The largest absolute Gasteiger partial charge is 0.497 e. The minimum Gasteiger partial charge on any atom is -0.497 e. The second kappa shape index (κ2) is 13.7. The lowest BCUT2D eigenvalue weighted by atomic mass is 10.1. The van der Waals surface area contributed by atoms with Gasteiger partial charge in [0.05, 0.1) is 18.1 Å². The van der Waals surface area contributed by atoms with Crippen LogP contribution in [0.1, 0.15) is 21.5 Å². The number of benzene rings is 1. The molecule has 224 valence electrons. The third-order valence-electron chi connectivity index (χ3n) is 6.77. The van der Waals surface area contributed by atoms with Crippen LogP contribution < -0.4 is 4.74 Å². The van der Waals surface area contributed by atoms with Crippen molar-refractivity contribution < 1.29 is 19.0 Å². The highest BCUT2D eigenvalue weighted by Gasteiger charge is 2.20.